The highest BCUT2D eigenvalue weighted by Gasteiger charge is 2.41. The second kappa shape index (κ2) is 8.51. The lowest BCUT2D eigenvalue weighted by molar-refractivity contribution is -0.151. The summed E-state index contributed by atoms with van der Waals surface area (Å²) in [5.41, 5.74) is -0.983. The molecule has 0 aromatic carbocycles. The van der Waals surface area contributed by atoms with Gasteiger partial charge in [0.1, 0.15) is 5.41 Å². The molecule has 0 bridgehead atoms. The molecule has 1 fully saturated rings. The molecule has 0 spiro atoms. The van der Waals surface area contributed by atoms with E-state index in [2.05, 4.69) is 17.1 Å². The first-order valence-electron chi connectivity index (χ1n) is 8.54. The van der Waals surface area contributed by atoms with E-state index in [-0.39, 0.29) is 11.8 Å². The molecule has 5 heteroatoms. The van der Waals surface area contributed by atoms with E-state index in [1.54, 1.807) is 13.8 Å². The summed E-state index contributed by atoms with van der Waals surface area (Å²) in [4.78, 5) is 29.3. The Bertz CT molecular complexity index is 380. The predicted octanol–water partition coefficient (Wildman–Crippen LogP) is 1.87. The average molecular weight is 311 g/mol. The number of hydrogen-bond donors (Lipinski definition) is 1. The third-order valence-corrected chi connectivity index (χ3v) is 4.53. The number of likely N-dealkylation sites (tertiary alicyclic amines) is 1. The van der Waals surface area contributed by atoms with Crippen LogP contribution in [0.4, 0.5) is 0 Å². The SMILES string of the molecule is CCC1CCCCN1C(=O)C(C)(C)C(=O)NCCCN(C)C. The van der Waals surface area contributed by atoms with Gasteiger partial charge in [-0.3, -0.25) is 9.59 Å². The lowest BCUT2D eigenvalue weighted by Crippen LogP contribution is -2.54. The number of piperidine rings is 1. The molecule has 5 nitrogen and oxygen atoms in total. The van der Waals surface area contributed by atoms with Gasteiger partial charge in [-0.05, 0) is 66.6 Å². The van der Waals surface area contributed by atoms with Gasteiger partial charge in [-0.25, -0.2) is 0 Å². The maximum Gasteiger partial charge on any atom is 0.237 e. The molecule has 1 unspecified atom stereocenters. The van der Waals surface area contributed by atoms with E-state index in [4.69, 9.17) is 0 Å². The van der Waals surface area contributed by atoms with Gasteiger partial charge in [-0.1, -0.05) is 6.92 Å². The first-order valence-corrected chi connectivity index (χ1v) is 8.54. The molecule has 2 amide bonds. The van der Waals surface area contributed by atoms with Crippen LogP contribution >= 0.6 is 0 Å². The summed E-state index contributed by atoms with van der Waals surface area (Å²) in [7, 11) is 4.02. The maximum absolute atomic E-state index is 12.8. The topological polar surface area (TPSA) is 52.7 Å². The van der Waals surface area contributed by atoms with Crippen molar-refractivity contribution in [1.29, 1.82) is 0 Å². The molecule has 1 aliphatic rings. The normalized spacial score (nSPS) is 19.4. The summed E-state index contributed by atoms with van der Waals surface area (Å²) < 4.78 is 0. The molecule has 0 saturated carbocycles. The van der Waals surface area contributed by atoms with Crippen molar-refractivity contribution in [3.05, 3.63) is 0 Å². The van der Waals surface area contributed by atoms with Gasteiger partial charge in [0, 0.05) is 19.1 Å². The minimum absolute atomic E-state index is 0.0239. The quantitative estimate of drug-likeness (QED) is 0.577. The summed E-state index contributed by atoms with van der Waals surface area (Å²) >= 11 is 0. The third kappa shape index (κ3) is 4.97. The Morgan fingerprint density at radius 2 is 1.95 bits per heavy atom. The van der Waals surface area contributed by atoms with Crippen molar-refractivity contribution in [2.75, 3.05) is 33.7 Å². The van der Waals surface area contributed by atoms with Crippen LogP contribution in [0.3, 0.4) is 0 Å². The highest BCUT2D eigenvalue weighted by molar-refractivity contribution is 6.04. The molecular weight excluding hydrogens is 278 g/mol. The third-order valence-electron chi connectivity index (χ3n) is 4.53. The van der Waals surface area contributed by atoms with Crippen molar-refractivity contribution in [3.8, 4) is 0 Å². The van der Waals surface area contributed by atoms with Gasteiger partial charge in [0.25, 0.3) is 0 Å². The zero-order valence-electron chi connectivity index (χ0n) is 14.9. The van der Waals surface area contributed by atoms with Crippen molar-refractivity contribution in [3.63, 3.8) is 0 Å². The van der Waals surface area contributed by atoms with Gasteiger partial charge in [-0.2, -0.15) is 0 Å². The van der Waals surface area contributed by atoms with E-state index in [0.29, 0.717) is 12.6 Å². The molecule has 1 N–H and O–H groups in total. The molecule has 0 aromatic heterocycles. The Balaban J connectivity index is 2.58. The first kappa shape index (κ1) is 18.9. The van der Waals surface area contributed by atoms with Crippen molar-refractivity contribution in [2.45, 2.75) is 58.9 Å². The van der Waals surface area contributed by atoms with Crippen molar-refractivity contribution in [1.82, 2.24) is 15.1 Å². The van der Waals surface area contributed by atoms with E-state index in [1.165, 1.54) is 6.42 Å². The molecule has 22 heavy (non-hydrogen) atoms. The fraction of sp³-hybridized carbons (Fsp3) is 0.882. The Hall–Kier alpha value is -1.10. The molecule has 1 saturated heterocycles. The average Bonchev–Trinajstić information content (AvgIpc) is 2.50. The predicted molar refractivity (Wildman–Crippen MR) is 89.6 cm³/mol. The zero-order chi connectivity index (χ0) is 16.8. The summed E-state index contributed by atoms with van der Waals surface area (Å²) in [6.07, 6.45) is 5.14. The van der Waals surface area contributed by atoms with Crippen molar-refractivity contribution in [2.24, 2.45) is 5.41 Å². The Morgan fingerprint density at radius 1 is 1.27 bits per heavy atom. The highest BCUT2D eigenvalue weighted by atomic mass is 16.2. The van der Waals surface area contributed by atoms with Gasteiger partial charge in [-0.15, -0.1) is 0 Å². The summed E-state index contributed by atoms with van der Waals surface area (Å²) in [5.74, 6) is -0.180. The standard InChI is InChI=1S/C17H33N3O2/c1-6-14-10-7-8-13-20(14)16(22)17(2,3)15(21)18-11-9-12-19(4)5/h14H,6-13H2,1-5H3,(H,18,21). The van der Waals surface area contributed by atoms with E-state index in [1.807, 2.05) is 19.0 Å². The number of amides is 2. The summed E-state index contributed by atoms with van der Waals surface area (Å²) in [6.45, 7) is 7.94. The minimum atomic E-state index is -0.983. The van der Waals surface area contributed by atoms with Gasteiger partial charge >= 0.3 is 0 Å². The molecule has 1 atom stereocenters. The number of hydrogen-bond acceptors (Lipinski definition) is 3. The zero-order valence-corrected chi connectivity index (χ0v) is 14.9. The lowest BCUT2D eigenvalue weighted by atomic mass is 9.87. The van der Waals surface area contributed by atoms with E-state index in [0.717, 1.165) is 38.8 Å². The second-order valence-corrected chi connectivity index (χ2v) is 7.09. The van der Waals surface area contributed by atoms with Crippen LogP contribution in [0, 0.1) is 5.41 Å². The van der Waals surface area contributed by atoms with Crippen molar-refractivity contribution >= 4 is 11.8 Å². The van der Waals surface area contributed by atoms with Gasteiger partial charge in [0.15, 0.2) is 0 Å². The number of rotatable bonds is 7. The minimum Gasteiger partial charge on any atom is -0.355 e. The van der Waals surface area contributed by atoms with Crippen LogP contribution in [0.1, 0.15) is 52.9 Å². The van der Waals surface area contributed by atoms with E-state index < -0.39 is 5.41 Å². The smallest absolute Gasteiger partial charge is 0.237 e. The van der Waals surface area contributed by atoms with Crippen LogP contribution in [-0.2, 0) is 9.59 Å². The maximum atomic E-state index is 12.8. The van der Waals surface area contributed by atoms with Crippen LogP contribution in [0.15, 0.2) is 0 Å². The van der Waals surface area contributed by atoms with E-state index in [9.17, 15) is 9.59 Å². The van der Waals surface area contributed by atoms with Gasteiger partial charge < -0.3 is 15.1 Å². The second-order valence-electron chi connectivity index (χ2n) is 7.09. The summed E-state index contributed by atoms with van der Waals surface area (Å²) in [5, 5.41) is 2.92. The Kier molecular flexibility index (Phi) is 7.33. The van der Waals surface area contributed by atoms with Crippen LogP contribution < -0.4 is 5.32 Å². The van der Waals surface area contributed by atoms with Crippen LogP contribution in [0.25, 0.3) is 0 Å². The largest absolute Gasteiger partial charge is 0.355 e. The van der Waals surface area contributed by atoms with E-state index >= 15 is 0 Å². The molecule has 0 radical (unpaired) electrons. The number of carbonyl (C=O) groups excluding carboxylic acids is 2. The molecule has 128 valence electrons. The molecule has 1 heterocycles. The van der Waals surface area contributed by atoms with Crippen LogP contribution in [0.2, 0.25) is 0 Å². The van der Waals surface area contributed by atoms with Crippen molar-refractivity contribution < 1.29 is 9.59 Å². The molecule has 1 aliphatic heterocycles. The Morgan fingerprint density at radius 3 is 2.55 bits per heavy atom. The monoisotopic (exact) mass is 311 g/mol. The molecular formula is C17H33N3O2. The van der Waals surface area contributed by atoms with Gasteiger partial charge in [0.2, 0.25) is 11.8 Å². The highest BCUT2D eigenvalue weighted by Crippen LogP contribution is 2.26. The number of carbonyl (C=O) groups is 2. The lowest BCUT2D eigenvalue weighted by Gasteiger charge is -2.39. The number of nitrogens with zero attached hydrogens (tertiary/aromatic N) is 2. The summed E-state index contributed by atoms with van der Waals surface area (Å²) in [6, 6.07) is 0.294. The van der Waals surface area contributed by atoms with Crippen LogP contribution in [-0.4, -0.2) is 61.4 Å². The molecule has 0 aromatic rings. The van der Waals surface area contributed by atoms with Gasteiger partial charge in [0.05, 0.1) is 0 Å². The fourth-order valence-corrected chi connectivity index (χ4v) is 2.97. The molecule has 0 aliphatic carbocycles. The first-order chi connectivity index (χ1) is 10.3. The number of nitrogens with one attached hydrogen (secondary N) is 1. The fourth-order valence-electron chi connectivity index (χ4n) is 2.97. The van der Waals surface area contributed by atoms with Crippen LogP contribution in [0.5, 0.6) is 0 Å². The molecule has 1 rings (SSSR count). The Labute approximate surface area is 135 Å².